The molecule has 0 aliphatic heterocycles. The van der Waals surface area contributed by atoms with Gasteiger partial charge in [-0.2, -0.15) is 70.2 Å². The minimum atomic E-state index is -8.08. The lowest BCUT2D eigenvalue weighted by molar-refractivity contribution is -0.448. The van der Waals surface area contributed by atoms with Crippen LogP contribution in [0.4, 0.5) is 70.2 Å². The molecule has 0 unspecified atom stereocenters. The highest BCUT2D eigenvalue weighted by molar-refractivity contribution is 5.25. The Balaban J connectivity index is 7.68. The third kappa shape index (κ3) is 4.06. The van der Waals surface area contributed by atoms with Crippen LogP contribution < -0.4 is 0 Å². The number of alkyl halides is 16. The Morgan fingerprint density at radius 1 is 0.607 bits per heavy atom. The van der Waals surface area contributed by atoms with Gasteiger partial charge in [-0.15, -0.1) is 0 Å². The van der Waals surface area contributed by atoms with Crippen molar-refractivity contribution in [1.29, 1.82) is 0 Å². The first kappa shape index (κ1) is 26.4. The summed E-state index contributed by atoms with van der Waals surface area (Å²) in [5.74, 6) is -19.7. The molecule has 0 amide bonds. The van der Waals surface area contributed by atoms with Crippen LogP contribution in [0.2, 0.25) is 0 Å². The smallest absolute Gasteiger partial charge is 0.454 e. The molecule has 1 nitrogen and oxygen atoms in total. The van der Waals surface area contributed by atoms with E-state index in [2.05, 4.69) is 4.74 Å². The molecule has 0 atom stereocenters. The third-order valence-corrected chi connectivity index (χ3v) is 3.08. The molecule has 17 heteroatoms. The Morgan fingerprint density at radius 2 is 0.929 bits per heavy atom. The number of rotatable bonds is 5. The van der Waals surface area contributed by atoms with E-state index >= 15 is 0 Å². The van der Waals surface area contributed by atoms with E-state index in [0.29, 0.717) is 6.92 Å². The Morgan fingerprint density at radius 3 is 1.11 bits per heavy atom. The van der Waals surface area contributed by atoms with Crippen molar-refractivity contribution in [1.82, 2.24) is 0 Å². The van der Waals surface area contributed by atoms with Crippen LogP contribution in [-0.4, -0.2) is 43.2 Å². The maximum atomic E-state index is 13.5. The second kappa shape index (κ2) is 7.03. The molecule has 0 fully saturated rings. The second-order valence-electron chi connectivity index (χ2n) is 4.89. The molecule has 0 aliphatic carbocycles. The van der Waals surface area contributed by atoms with Crippen molar-refractivity contribution in [2.45, 2.75) is 43.5 Å². The molecule has 0 aliphatic rings. The van der Waals surface area contributed by atoms with Crippen LogP contribution in [0.1, 0.15) is 6.92 Å². The van der Waals surface area contributed by atoms with Crippen molar-refractivity contribution in [3.63, 3.8) is 0 Å². The zero-order valence-corrected chi connectivity index (χ0v) is 12.7. The number of ether oxygens (including phenoxy) is 1. The summed E-state index contributed by atoms with van der Waals surface area (Å²) in [5.41, 5.74) is -7.75. The van der Waals surface area contributed by atoms with Gasteiger partial charge in [-0.25, -0.2) is 0 Å². The molecule has 0 heterocycles. The lowest BCUT2D eigenvalue weighted by Gasteiger charge is -2.45. The molecule has 0 aromatic rings. The zero-order valence-electron chi connectivity index (χ0n) is 12.7. The second-order valence-corrected chi connectivity index (χ2v) is 4.89. The Kier molecular flexibility index (Phi) is 6.64. The summed E-state index contributed by atoms with van der Waals surface area (Å²) in [6, 6.07) is 0. The van der Waals surface area contributed by atoms with Gasteiger partial charge in [0, 0.05) is 0 Å². The molecule has 168 valence electrons. The first-order valence-electron chi connectivity index (χ1n) is 6.30. The highest BCUT2D eigenvalue weighted by atomic mass is 19.4. The van der Waals surface area contributed by atoms with E-state index in [9.17, 15) is 70.2 Å². The molecule has 0 spiro atoms. The lowest BCUT2D eigenvalue weighted by Crippen LogP contribution is -2.70. The van der Waals surface area contributed by atoms with Crippen molar-refractivity contribution < 1.29 is 75.0 Å². The molecule has 0 bridgehead atoms. The summed E-state index contributed by atoms with van der Waals surface area (Å²) < 4.78 is 208. The molecule has 0 N–H and O–H groups in total. The molecule has 0 rings (SSSR count). The summed E-state index contributed by atoms with van der Waals surface area (Å²) in [6.07, 6.45) is -32.5. The van der Waals surface area contributed by atoms with Crippen LogP contribution >= 0.6 is 0 Å². The topological polar surface area (TPSA) is 9.23 Å². The number of halogens is 16. The van der Waals surface area contributed by atoms with Gasteiger partial charge in [0.2, 0.25) is 5.41 Å². The number of allylic oxidation sites excluding steroid dienone is 2. The summed E-state index contributed by atoms with van der Waals surface area (Å²) >= 11 is 0. The van der Waals surface area contributed by atoms with E-state index in [1.54, 1.807) is 0 Å². The van der Waals surface area contributed by atoms with E-state index < -0.39 is 60.4 Å². The van der Waals surface area contributed by atoms with Crippen molar-refractivity contribution in [2.24, 2.45) is 5.41 Å². The van der Waals surface area contributed by atoms with Crippen LogP contribution in [-0.2, 0) is 4.74 Å². The number of hydrogen-bond donors (Lipinski definition) is 0. The van der Waals surface area contributed by atoms with Gasteiger partial charge < -0.3 is 4.74 Å². The minimum absolute atomic E-state index is 0.499. The minimum Gasteiger partial charge on any atom is -0.489 e. The maximum Gasteiger partial charge on any atom is 0.454 e. The quantitative estimate of drug-likeness (QED) is 0.342. The molecule has 0 radical (unpaired) electrons. The van der Waals surface area contributed by atoms with Crippen LogP contribution in [0, 0.1) is 5.41 Å². The van der Waals surface area contributed by atoms with Gasteiger partial charge in [0.15, 0.2) is 5.76 Å². The van der Waals surface area contributed by atoms with E-state index in [1.807, 2.05) is 0 Å². The first-order valence-corrected chi connectivity index (χ1v) is 6.30. The predicted molar refractivity (Wildman–Crippen MR) is 56.3 cm³/mol. The third-order valence-electron chi connectivity index (χ3n) is 3.08. The molecule has 0 saturated heterocycles. The monoisotopic (exact) mass is 458 g/mol. The highest BCUT2D eigenvalue weighted by Crippen LogP contribution is 2.67. The van der Waals surface area contributed by atoms with Gasteiger partial charge in [0.25, 0.3) is 0 Å². The normalized spacial score (nSPS) is 16.4. The van der Waals surface area contributed by atoms with Crippen molar-refractivity contribution in [3.05, 3.63) is 11.8 Å². The fraction of sp³-hybridized carbons (Fsp3) is 0.818. The molecule has 28 heavy (non-hydrogen) atoms. The summed E-state index contributed by atoms with van der Waals surface area (Å²) in [6.45, 7) is -0.937. The zero-order chi connectivity index (χ0) is 23.2. The van der Waals surface area contributed by atoms with Crippen LogP contribution in [0.15, 0.2) is 11.8 Å². The summed E-state index contributed by atoms with van der Waals surface area (Å²) in [4.78, 5) is 0. The SMILES string of the molecule is CCOC(=CC(C(F)(F)F)(C(F)(F)C(F)(F)F)C(F)(F)C(F)(F)F)C(F)(F)F. The van der Waals surface area contributed by atoms with E-state index in [-0.39, 0.29) is 0 Å². The van der Waals surface area contributed by atoms with Crippen molar-refractivity contribution >= 4 is 0 Å². The summed E-state index contributed by atoms with van der Waals surface area (Å²) in [7, 11) is 0. The van der Waals surface area contributed by atoms with E-state index in [0.717, 1.165) is 0 Å². The Hall–Kier alpha value is -1.58. The van der Waals surface area contributed by atoms with Gasteiger partial charge in [-0.05, 0) is 13.0 Å². The Bertz CT molecular complexity index is 545. The molecule has 0 saturated carbocycles. The first-order chi connectivity index (χ1) is 11.9. The fourth-order valence-electron chi connectivity index (χ4n) is 1.82. The van der Waals surface area contributed by atoms with Crippen molar-refractivity contribution in [3.8, 4) is 0 Å². The fourth-order valence-corrected chi connectivity index (χ4v) is 1.82. The van der Waals surface area contributed by atoms with Crippen LogP contribution in [0.25, 0.3) is 0 Å². The average Bonchev–Trinajstić information content (AvgIpc) is 2.37. The standard InChI is InChI=1S/C11H6F16O/c1-2-28-4(6(12,13)14)3-5(9(19,20)21,7(15,16)10(22,23)24)8(17,18)11(25,26)27/h3H,2H2,1H3. The summed E-state index contributed by atoms with van der Waals surface area (Å²) in [5, 5.41) is 0. The Labute approximate surface area is 143 Å². The van der Waals surface area contributed by atoms with Crippen LogP contribution in [0.3, 0.4) is 0 Å². The largest absolute Gasteiger partial charge is 0.489 e. The molecular formula is C11H6F16O. The van der Waals surface area contributed by atoms with E-state index in [4.69, 9.17) is 0 Å². The van der Waals surface area contributed by atoms with Gasteiger partial charge in [-0.1, -0.05) is 0 Å². The van der Waals surface area contributed by atoms with Crippen LogP contribution in [0.5, 0.6) is 0 Å². The number of hydrogen-bond acceptors (Lipinski definition) is 1. The lowest BCUT2D eigenvalue weighted by atomic mass is 9.72. The molecule has 0 aromatic carbocycles. The molecular weight excluding hydrogens is 452 g/mol. The average molecular weight is 458 g/mol. The van der Waals surface area contributed by atoms with Gasteiger partial charge in [0.1, 0.15) is 0 Å². The predicted octanol–water partition coefficient (Wildman–Crippen LogP) is 6.41. The van der Waals surface area contributed by atoms with Crippen molar-refractivity contribution in [2.75, 3.05) is 6.61 Å². The molecule has 0 aromatic heterocycles. The van der Waals surface area contributed by atoms with Gasteiger partial charge >= 0.3 is 36.6 Å². The van der Waals surface area contributed by atoms with E-state index in [1.165, 1.54) is 0 Å². The highest BCUT2D eigenvalue weighted by Gasteiger charge is 2.92. The maximum absolute atomic E-state index is 13.5. The van der Waals surface area contributed by atoms with Gasteiger partial charge in [-0.3, -0.25) is 0 Å². The van der Waals surface area contributed by atoms with Gasteiger partial charge in [0.05, 0.1) is 6.61 Å².